The normalized spacial score (nSPS) is 11.2. The van der Waals surface area contributed by atoms with Crippen LogP contribution in [0.15, 0.2) is 96.6 Å². The number of nitrogens with zero attached hydrogens (tertiary/aromatic N) is 2. The van der Waals surface area contributed by atoms with Crippen LogP contribution in [-0.2, 0) is 4.74 Å². The summed E-state index contributed by atoms with van der Waals surface area (Å²) in [5.41, 5.74) is 8.54. The highest BCUT2D eigenvalue weighted by atomic mass is 16.5. The topological polar surface area (TPSA) is 76.1 Å². The molecule has 1 amide bonds. The summed E-state index contributed by atoms with van der Waals surface area (Å²) in [6.45, 7) is 17.1. The van der Waals surface area contributed by atoms with Gasteiger partial charge in [-0.25, -0.2) is 4.98 Å². The van der Waals surface area contributed by atoms with E-state index in [2.05, 4.69) is 42.1 Å². The highest BCUT2D eigenvalue weighted by Gasteiger charge is 2.17. The molecule has 0 radical (unpaired) electrons. The van der Waals surface area contributed by atoms with Crippen molar-refractivity contribution in [2.24, 2.45) is 0 Å². The van der Waals surface area contributed by atoms with Gasteiger partial charge in [0.05, 0.1) is 28.2 Å². The Hall–Kier alpha value is -4.71. The maximum atomic E-state index is 13.6. The number of carbonyl (C=O) groups is 1. The van der Waals surface area contributed by atoms with Gasteiger partial charge < -0.3 is 15.4 Å². The molecule has 0 unspecified atom stereocenters. The van der Waals surface area contributed by atoms with Gasteiger partial charge in [0.1, 0.15) is 5.76 Å². The van der Waals surface area contributed by atoms with Crippen molar-refractivity contribution in [1.29, 1.82) is 0 Å². The lowest BCUT2D eigenvalue weighted by Gasteiger charge is -2.15. The molecule has 0 aliphatic carbocycles. The average Bonchev–Trinajstić information content (AvgIpc) is 2.98. The predicted molar refractivity (Wildman–Crippen MR) is 174 cm³/mol. The number of pyridine rings is 2. The third kappa shape index (κ3) is 7.52. The van der Waals surface area contributed by atoms with Crippen molar-refractivity contribution < 1.29 is 9.53 Å². The van der Waals surface area contributed by atoms with Crippen molar-refractivity contribution in [2.75, 3.05) is 11.9 Å². The Morgan fingerprint density at radius 2 is 1.76 bits per heavy atom. The Kier molecular flexibility index (Phi) is 9.92. The summed E-state index contributed by atoms with van der Waals surface area (Å²) in [4.78, 5) is 22.9. The molecule has 0 saturated heterocycles. The number of aromatic nitrogens is 2. The first-order valence-corrected chi connectivity index (χ1v) is 14.3. The summed E-state index contributed by atoms with van der Waals surface area (Å²) >= 11 is 0. The van der Waals surface area contributed by atoms with E-state index in [1.165, 1.54) is 5.57 Å². The van der Waals surface area contributed by atoms with Crippen LogP contribution in [0.2, 0.25) is 0 Å². The number of ether oxygens (including phenoxy) is 1. The van der Waals surface area contributed by atoms with Gasteiger partial charge in [-0.1, -0.05) is 36.4 Å². The number of hydrogen-bond donors (Lipinski definition) is 2. The van der Waals surface area contributed by atoms with Crippen LogP contribution in [0.5, 0.6) is 0 Å². The zero-order valence-electron chi connectivity index (χ0n) is 25.5. The summed E-state index contributed by atoms with van der Waals surface area (Å²) in [5, 5.41) is 7.30. The number of benzene rings is 2. The number of nitrogens with one attached hydrogen (secondary N) is 2. The van der Waals surface area contributed by atoms with E-state index in [9.17, 15) is 4.79 Å². The van der Waals surface area contributed by atoms with E-state index in [1.54, 1.807) is 6.20 Å². The second-order valence-electron chi connectivity index (χ2n) is 10.7. The molecule has 4 rings (SSSR count). The van der Waals surface area contributed by atoms with Crippen LogP contribution in [0.4, 0.5) is 5.69 Å². The maximum absolute atomic E-state index is 13.6. The number of hydrogen-bond acceptors (Lipinski definition) is 5. The zero-order chi connectivity index (χ0) is 30.2. The molecule has 2 heterocycles. The molecule has 0 atom stereocenters. The summed E-state index contributed by atoms with van der Waals surface area (Å²) in [6, 6.07) is 19.3. The Balaban J connectivity index is 1.45. The fraction of sp³-hybridized carbons (Fsp3) is 0.250. The molecule has 0 aliphatic heterocycles. The summed E-state index contributed by atoms with van der Waals surface area (Å²) in [6.07, 6.45) is 5.47. The lowest BCUT2D eigenvalue weighted by Crippen LogP contribution is -2.15. The number of fused-ring (bicyclic) bond motifs is 1. The van der Waals surface area contributed by atoms with Crippen LogP contribution in [0.3, 0.4) is 0 Å². The minimum atomic E-state index is -0.195. The average molecular weight is 561 g/mol. The first kappa shape index (κ1) is 30.3. The van der Waals surface area contributed by atoms with Crippen LogP contribution in [0.25, 0.3) is 28.0 Å². The van der Waals surface area contributed by atoms with Crippen LogP contribution >= 0.6 is 0 Å². The molecular weight excluding hydrogens is 520 g/mol. The number of allylic oxidation sites excluding steroid dienone is 4. The van der Waals surface area contributed by atoms with Gasteiger partial charge >= 0.3 is 0 Å². The molecule has 2 N–H and O–H groups in total. The monoisotopic (exact) mass is 560 g/mol. The van der Waals surface area contributed by atoms with Gasteiger partial charge in [-0.2, -0.15) is 0 Å². The van der Waals surface area contributed by atoms with Crippen molar-refractivity contribution >= 4 is 28.2 Å². The Labute approximate surface area is 249 Å². The number of rotatable bonds is 11. The molecule has 0 spiro atoms. The lowest BCUT2D eigenvalue weighted by molar-refractivity contribution is 0.102. The number of amides is 1. The minimum Gasteiger partial charge on any atom is -0.467 e. The molecule has 4 aromatic rings. The summed E-state index contributed by atoms with van der Waals surface area (Å²) in [5.74, 6) is 1.73. The number of carbonyl (C=O) groups excluding carboxylic acids is 1. The molecule has 6 heteroatoms. The van der Waals surface area contributed by atoms with Crippen molar-refractivity contribution in [2.45, 2.75) is 54.4 Å². The molecule has 42 heavy (non-hydrogen) atoms. The number of anilines is 1. The first-order valence-electron chi connectivity index (χ1n) is 14.3. The van der Waals surface area contributed by atoms with E-state index in [-0.39, 0.29) is 5.91 Å². The highest BCUT2D eigenvalue weighted by Crippen LogP contribution is 2.28. The van der Waals surface area contributed by atoms with E-state index >= 15 is 0 Å². The van der Waals surface area contributed by atoms with E-state index < -0.39 is 0 Å². The van der Waals surface area contributed by atoms with E-state index in [0.29, 0.717) is 16.9 Å². The largest absolute Gasteiger partial charge is 0.467 e. The van der Waals surface area contributed by atoms with Crippen LogP contribution in [0, 0.1) is 13.8 Å². The fourth-order valence-corrected chi connectivity index (χ4v) is 4.71. The maximum Gasteiger partial charge on any atom is 0.256 e. The Morgan fingerprint density at radius 3 is 2.43 bits per heavy atom. The van der Waals surface area contributed by atoms with Gasteiger partial charge in [-0.05, 0) is 107 Å². The van der Waals surface area contributed by atoms with Crippen molar-refractivity contribution in [3.8, 4) is 11.4 Å². The van der Waals surface area contributed by atoms with Crippen molar-refractivity contribution in [3.63, 3.8) is 0 Å². The van der Waals surface area contributed by atoms with Gasteiger partial charge in [-0.3, -0.25) is 9.78 Å². The fourth-order valence-electron chi connectivity index (χ4n) is 4.71. The molecule has 2 aromatic heterocycles. The van der Waals surface area contributed by atoms with Gasteiger partial charge in [0.2, 0.25) is 0 Å². The van der Waals surface area contributed by atoms with Gasteiger partial charge in [0, 0.05) is 35.9 Å². The second kappa shape index (κ2) is 13.8. The minimum absolute atomic E-state index is 0.195. The Bertz CT molecular complexity index is 1650. The SMILES string of the molecule is C=C(NCCCC(O/C(C)=C\C)=C(C)C)c1ccc(NC(=O)c2cc(-c3ccccn3)nc3c(C)cc(C)cc23)cc1. The van der Waals surface area contributed by atoms with Crippen molar-refractivity contribution in [3.05, 3.63) is 119 Å². The van der Waals surface area contributed by atoms with Gasteiger partial charge in [0.15, 0.2) is 0 Å². The van der Waals surface area contributed by atoms with E-state index in [0.717, 1.165) is 69.9 Å². The Morgan fingerprint density at radius 1 is 1.00 bits per heavy atom. The molecule has 0 aliphatic rings. The van der Waals surface area contributed by atoms with E-state index in [1.807, 2.05) is 88.4 Å². The smallest absolute Gasteiger partial charge is 0.256 e. The van der Waals surface area contributed by atoms with Crippen LogP contribution < -0.4 is 10.6 Å². The molecule has 0 fully saturated rings. The molecule has 0 bridgehead atoms. The number of aryl methyl sites for hydroxylation is 2. The van der Waals surface area contributed by atoms with Gasteiger partial charge in [-0.15, -0.1) is 0 Å². The van der Waals surface area contributed by atoms with Crippen molar-refractivity contribution in [1.82, 2.24) is 15.3 Å². The molecular formula is C36H40N4O2. The van der Waals surface area contributed by atoms with Crippen LogP contribution in [0.1, 0.15) is 67.6 Å². The predicted octanol–water partition coefficient (Wildman–Crippen LogP) is 8.74. The first-order chi connectivity index (χ1) is 20.2. The van der Waals surface area contributed by atoms with E-state index in [4.69, 9.17) is 9.72 Å². The second-order valence-corrected chi connectivity index (χ2v) is 10.7. The third-order valence-electron chi connectivity index (χ3n) is 7.08. The standard InChI is InChI=1S/C36H40N4O2/c1-8-26(6)42-34(23(2)3)13-11-19-37-27(7)28-14-16-29(17-15-28)39-36(41)31-22-33(32-12-9-10-18-38-32)40-35-25(5)20-24(4)21-30(31)35/h8-10,12,14-18,20-22,37H,7,11,13,19H2,1-6H3,(H,39,41)/b26-8-. The zero-order valence-corrected chi connectivity index (χ0v) is 25.5. The molecule has 0 saturated carbocycles. The molecule has 2 aromatic carbocycles. The van der Waals surface area contributed by atoms with Gasteiger partial charge in [0.25, 0.3) is 5.91 Å². The summed E-state index contributed by atoms with van der Waals surface area (Å²) < 4.78 is 5.94. The molecule has 216 valence electrons. The molecule has 6 nitrogen and oxygen atoms in total. The summed E-state index contributed by atoms with van der Waals surface area (Å²) in [7, 11) is 0. The lowest BCUT2D eigenvalue weighted by atomic mass is 10.00. The highest BCUT2D eigenvalue weighted by molar-refractivity contribution is 6.13. The quantitative estimate of drug-likeness (QED) is 0.142. The third-order valence-corrected chi connectivity index (χ3v) is 7.08. The van der Waals surface area contributed by atoms with Crippen LogP contribution in [-0.4, -0.2) is 22.4 Å².